The molecule has 1 aliphatic rings. The number of carboxylic acids is 1. The Kier molecular flexibility index (Phi) is 3.72. The molecule has 11 heavy (non-hydrogen) atoms. The predicted octanol–water partition coefficient (Wildman–Crippen LogP) is 0.556. The molecule has 64 valence electrons. The van der Waals surface area contributed by atoms with E-state index < -0.39 is 5.97 Å². The van der Waals surface area contributed by atoms with Crippen molar-refractivity contribution in [1.82, 2.24) is 5.32 Å². The molecule has 1 unspecified atom stereocenters. The van der Waals surface area contributed by atoms with Gasteiger partial charge in [0.2, 0.25) is 0 Å². The van der Waals surface area contributed by atoms with E-state index in [1.807, 2.05) is 11.8 Å². The summed E-state index contributed by atoms with van der Waals surface area (Å²) in [6.45, 7) is 0.102. The number of rotatable bonds is 3. The maximum atomic E-state index is 10.2. The van der Waals surface area contributed by atoms with Crippen LogP contribution in [0, 0.1) is 0 Å². The molecule has 0 amide bonds. The molecular weight excluding hydrogens is 162 g/mol. The quantitative estimate of drug-likeness (QED) is 0.658. The first-order chi connectivity index (χ1) is 5.29. The second-order valence-corrected chi connectivity index (χ2v) is 3.84. The van der Waals surface area contributed by atoms with Crippen molar-refractivity contribution in [2.75, 3.05) is 18.1 Å². The standard InChI is InChI=1S/C7H13NO2S/c9-7(10)4-8-6-2-1-3-11-5-6/h6,8H,1-5H2,(H,9,10). The van der Waals surface area contributed by atoms with Gasteiger partial charge in [0.15, 0.2) is 0 Å². The van der Waals surface area contributed by atoms with Crippen LogP contribution in [0.2, 0.25) is 0 Å². The summed E-state index contributed by atoms with van der Waals surface area (Å²) in [5, 5.41) is 11.4. The molecular formula is C7H13NO2S. The van der Waals surface area contributed by atoms with Gasteiger partial charge in [0.1, 0.15) is 0 Å². The minimum absolute atomic E-state index is 0.102. The Labute approximate surface area is 70.6 Å². The van der Waals surface area contributed by atoms with Crippen LogP contribution in [0.15, 0.2) is 0 Å². The van der Waals surface area contributed by atoms with Crippen molar-refractivity contribution in [3.05, 3.63) is 0 Å². The first-order valence-corrected chi connectivity index (χ1v) is 4.97. The highest BCUT2D eigenvalue weighted by molar-refractivity contribution is 7.99. The van der Waals surface area contributed by atoms with Crippen LogP contribution >= 0.6 is 11.8 Å². The van der Waals surface area contributed by atoms with Crippen LogP contribution in [-0.2, 0) is 4.79 Å². The molecule has 0 spiro atoms. The van der Waals surface area contributed by atoms with Gasteiger partial charge in [-0.2, -0.15) is 11.8 Å². The smallest absolute Gasteiger partial charge is 0.317 e. The fraction of sp³-hybridized carbons (Fsp3) is 0.857. The second kappa shape index (κ2) is 4.62. The van der Waals surface area contributed by atoms with Crippen molar-refractivity contribution in [2.24, 2.45) is 0 Å². The zero-order chi connectivity index (χ0) is 8.10. The van der Waals surface area contributed by atoms with E-state index in [1.54, 1.807) is 0 Å². The fourth-order valence-electron chi connectivity index (χ4n) is 1.13. The van der Waals surface area contributed by atoms with Crippen LogP contribution in [0.4, 0.5) is 0 Å². The highest BCUT2D eigenvalue weighted by atomic mass is 32.2. The van der Waals surface area contributed by atoms with Crippen molar-refractivity contribution in [3.63, 3.8) is 0 Å². The molecule has 0 aliphatic carbocycles. The molecule has 0 aromatic rings. The Bertz CT molecular complexity index is 134. The van der Waals surface area contributed by atoms with Gasteiger partial charge in [0.25, 0.3) is 0 Å². The highest BCUT2D eigenvalue weighted by Gasteiger charge is 2.13. The first-order valence-electron chi connectivity index (χ1n) is 3.82. The molecule has 1 fully saturated rings. The summed E-state index contributed by atoms with van der Waals surface area (Å²) >= 11 is 1.90. The number of hydrogen-bond donors (Lipinski definition) is 2. The van der Waals surface area contributed by atoms with Gasteiger partial charge in [-0.15, -0.1) is 0 Å². The Morgan fingerprint density at radius 3 is 3.09 bits per heavy atom. The van der Waals surface area contributed by atoms with E-state index >= 15 is 0 Å². The Hall–Kier alpha value is -0.220. The number of carboxylic acid groups (broad SMARTS) is 1. The third-order valence-corrected chi connectivity index (χ3v) is 2.92. The number of thioether (sulfide) groups is 1. The Balaban J connectivity index is 2.09. The molecule has 3 nitrogen and oxygen atoms in total. The lowest BCUT2D eigenvalue weighted by atomic mass is 10.2. The largest absolute Gasteiger partial charge is 0.480 e. The van der Waals surface area contributed by atoms with Gasteiger partial charge in [0, 0.05) is 11.8 Å². The normalized spacial score (nSPS) is 24.9. The third kappa shape index (κ3) is 3.62. The van der Waals surface area contributed by atoms with Crippen molar-refractivity contribution in [2.45, 2.75) is 18.9 Å². The second-order valence-electron chi connectivity index (χ2n) is 2.69. The summed E-state index contributed by atoms with van der Waals surface area (Å²) in [4.78, 5) is 10.2. The lowest BCUT2D eigenvalue weighted by Gasteiger charge is -2.21. The van der Waals surface area contributed by atoms with Gasteiger partial charge in [0.05, 0.1) is 6.54 Å². The average molecular weight is 175 g/mol. The first kappa shape index (κ1) is 8.87. The monoisotopic (exact) mass is 175 g/mol. The van der Waals surface area contributed by atoms with E-state index in [-0.39, 0.29) is 6.54 Å². The summed E-state index contributed by atoms with van der Waals surface area (Å²) in [6, 6.07) is 0.421. The number of carbonyl (C=O) groups is 1. The van der Waals surface area contributed by atoms with Gasteiger partial charge >= 0.3 is 5.97 Å². The lowest BCUT2D eigenvalue weighted by molar-refractivity contribution is -0.136. The molecule has 1 aliphatic heterocycles. The molecule has 0 saturated carbocycles. The highest BCUT2D eigenvalue weighted by Crippen LogP contribution is 2.16. The van der Waals surface area contributed by atoms with Crippen molar-refractivity contribution < 1.29 is 9.90 Å². The molecule has 1 rings (SSSR count). The van der Waals surface area contributed by atoms with Crippen molar-refractivity contribution in [1.29, 1.82) is 0 Å². The maximum Gasteiger partial charge on any atom is 0.317 e. The van der Waals surface area contributed by atoms with E-state index in [1.165, 1.54) is 12.2 Å². The van der Waals surface area contributed by atoms with E-state index in [4.69, 9.17) is 5.11 Å². The zero-order valence-electron chi connectivity index (χ0n) is 6.38. The summed E-state index contributed by atoms with van der Waals surface area (Å²) < 4.78 is 0. The van der Waals surface area contributed by atoms with Crippen LogP contribution in [0.1, 0.15) is 12.8 Å². The number of aliphatic carboxylic acids is 1. The SMILES string of the molecule is O=C(O)CNC1CCCSC1. The van der Waals surface area contributed by atoms with E-state index in [2.05, 4.69) is 5.32 Å². The molecule has 2 N–H and O–H groups in total. The molecule has 1 atom stereocenters. The lowest BCUT2D eigenvalue weighted by Crippen LogP contribution is -2.37. The van der Waals surface area contributed by atoms with Gasteiger partial charge in [-0.25, -0.2) is 0 Å². The molecule has 0 bridgehead atoms. The molecule has 1 heterocycles. The third-order valence-electron chi connectivity index (χ3n) is 1.70. The Morgan fingerprint density at radius 2 is 2.55 bits per heavy atom. The number of hydrogen-bond acceptors (Lipinski definition) is 3. The van der Waals surface area contributed by atoms with Gasteiger partial charge in [-0.1, -0.05) is 0 Å². The van der Waals surface area contributed by atoms with Crippen LogP contribution in [0.3, 0.4) is 0 Å². The summed E-state index contributed by atoms with van der Waals surface area (Å²) in [7, 11) is 0. The molecule has 1 saturated heterocycles. The van der Waals surface area contributed by atoms with Crippen LogP contribution in [0.25, 0.3) is 0 Å². The van der Waals surface area contributed by atoms with Gasteiger partial charge in [-0.3, -0.25) is 4.79 Å². The Morgan fingerprint density at radius 1 is 1.73 bits per heavy atom. The summed E-state index contributed by atoms with van der Waals surface area (Å²) in [5.41, 5.74) is 0. The van der Waals surface area contributed by atoms with Crippen molar-refractivity contribution >= 4 is 17.7 Å². The number of nitrogens with one attached hydrogen (secondary N) is 1. The zero-order valence-corrected chi connectivity index (χ0v) is 7.19. The fourth-order valence-corrected chi connectivity index (χ4v) is 2.24. The summed E-state index contributed by atoms with van der Waals surface area (Å²) in [6.07, 6.45) is 2.34. The average Bonchev–Trinajstić information content (AvgIpc) is 2.03. The van der Waals surface area contributed by atoms with E-state index in [9.17, 15) is 4.79 Å². The van der Waals surface area contributed by atoms with Crippen LogP contribution < -0.4 is 5.32 Å². The maximum absolute atomic E-state index is 10.2. The minimum Gasteiger partial charge on any atom is -0.480 e. The topological polar surface area (TPSA) is 49.3 Å². The van der Waals surface area contributed by atoms with Gasteiger partial charge in [-0.05, 0) is 18.6 Å². The molecule has 0 radical (unpaired) electrons. The van der Waals surface area contributed by atoms with Gasteiger partial charge < -0.3 is 10.4 Å². The molecule has 0 aromatic heterocycles. The van der Waals surface area contributed by atoms with Crippen molar-refractivity contribution in [3.8, 4) is 0 Å². The van der Waals surface area contributed by atoms with E-state index in [0.29, 0.717) is 6.04 Å². The summed E-state index contributed by atoms with van der Waals surface area (Å²) in [5.74, 6) is 1.53. The molecule has 4 heteroatoms. The van der Waals surface area contributed by atoms with Crippen LogP contribution in [0.5, 0.6) is 0 Å². The minimum atomic E-state index is -0.763. The molecule has 0 aromatic carbocycles. The predicted molar refractivity (Wildman–Crippen MR) is 46.0 cm³/mol. The van der Waals surface area contributed by atoms with Crippen LogP contribution in [-0.4, -0.2) is 35.2 Å². The van der Waals surface area contributed by atoms with E-state index in [0.717, 1.165) is 12.2 Å².